The van der Waals surface area contributed by atoms with E-state index >= 15 is 0 Å². The molecule has 1 atom stereocenters. The molecule has 0 aliphatic carbocycles. The largest absolute Gasteiger partial charge is 0.424 e. The standard InChI is InChI=1S/C7H20O2Si2/c1-4-8-10-6-7(3)11-9-5-2/h7H,4-6,10-11H2,1-3H3. The van der Waals surface area contributed by atoms with Crippen molar-refractivity contribution in [3.05, 3.63) is 0 Å². The van der Waals surface area contributed by atoms with Crippen LogP contribution in [0, 0.1) is 0 Å². The van der Waals surface area contributed by atoms with Crippen LogP contribution in [0.5, 0.6) is 0 Å². The summed E-state index contributed by atoms with van der Waals surface area (Å²) in [6.07, 6.45) is 0. The molecule has 11 heavy (non-hydrogen) atoms. The van der Waals surface area contributed by atoms with Gasteiger partial charge in [-0.3, -0.25) is 0 Å². The third kappa shape index (κ3) is 8.26. The monoisotopic (exact) mass is 192 g/mol. The van der Waals surface area contributed by atoms with Gasteiger partial charge in [0.15, 0.2) is 19.5 Å². The van der Waals surface area contributed by atoms with Gasteiger partial charge in [0.2, 0.25) is 0 Å². The number of hydrogen-bond acceptors (Lipinski definition) is 2. The van der Waals surface area contributed by atoms with E-state index in [9.17, 15) is 0 Å². The summed E-state index contributed by atoms with van der Waals surface area (Å²) in [4.78, 5) is 0. The molecule has 0 heterocycles. The molecule has 0 saturated heterocycles. The Morgan fingerprint density at radius 2 is 1.82 bits per heavy atom. The van der Waals surface area contributed by atoms with Gasteiger partial charge in [-0.05, 0) is 25.4 Å². The summed E-state index contributed by atoms with van der Waals surface area (Å²) >= 11 is 0. The molecule has 2 nitrogen and oxygen atoms in total. The zero-order valence-electron chi connectivity index (χ0n) is 7.93. The quantitative estimate of drug-likeness (QED) is 0.431. The molecule has 4 heteroatoms. The Bertz CT molecular complexity index is 80.8. The predicted molar refractivity (Wildman–Crippen MR) is 54.6 cm³/mol. The van der Waals surface area contributed by atoms with Gasteiger partial charge in [0.1, 0.15) is 0 Å². The third-order valence-corrected chi connectivity index (χ3v) is 5.92. The second kappa shape index (κ2) is 8.45. The normalized spacial score (nSPS) is 15.5. The summed E-state index contributed by atoms with van der Waals surface area (Å²) in [5.74, 6) is 0. The molecule has 0 spiro atoms. The summed E-state index contributed by atoms with van der Waals surface area (Å²) < 4.78 is 10.8. The average molecular weight is 192 g/mol. The first kappa shape index (κ1) is 11.4. The zero-order chi connectivity index (χ0) is 8.53. The lowest BCUT2D eigenvalue weighted by molar-refractivity contribution is 0.348. The van der Waals surface area contributed by atoms with Gasteiger partial charge in [-0.25, -0.2) is 0 Å². The lowest BCUT2D eigenvalue weighted by atomic mass is 10.6. The Labute approximate surface area is 74.6 Å². The SMILES string of the molecule is CCO[SiH2]CC(C)[SiH2]OCC. The third-order valence-electron chi connectivity index (χ3n) is 1.57. The van der Waals surface area contributed by atoms with Gasteiger partial charge in [0, 0.05) is 13.2 Å². The topological polar surface area (TPSA) is 18.5 Å². The first-order valence-corrected chi connectivity index (χ1v) is 7.43. The fourth-order valence-electron chi connectivity index (χ4n) is 0.831. The van der Waals surface area contributed by atoms with Crippen molar-refractivity contribution < 1.29 is 8.85 Å². The Hall–Kier alpha value is 0.354. The van der Waals surface area contributed by atoms with E-state index in [-0.39, 0.29) is 19.5 Å². The molecule has 0 fully saturated rings. The van der Waals surface area contributed by atoms with Crippen LogP contribution in [-0.4, -0.2) is 32.7 Å². The molecule has 68 valence electrons. The molecule has 0 amide bonds. The Balaban J connectivity index is 3.02. The Morgan fingerprint density at radius 3 is 2.36 bits per heavy atom. The van der Waals surface area contributed by atoms with Crippen LogP contribution in [0.4, 0.5) is 0 Å². The van der Waals surface area contributed by atoms with Crippen molar-refractivity contribution in [1.82, 2.24) is 0 Å². The van der Waals surface area contributed by atoms with Crippen LogP contribution >= 0.6 is 0 Å². The van der Waals surface area contributed by atoms with Crippen molar-refractivity contribution in [2.45, 2.75) is 32.4 Å². The van der Waals surface area contributed by atoms with Crippen LogP contribution in [0.2, 0.25) is 11.6 Å². The first-order valence-electron chi connectivity index (χ1n) is 4.46. The van der Waals surface area contributed by atoms with Gasteiger partial charge in [-0.15, -0.1) is 0 Å². The maximum atomic E-state index is 5.43. The molecule has 0 saturated carbocycles. The van der Waals surface area contributed by atoms with E-state index in [0.717, 1.165) is 18.8 Å². The molecule has 0 aromatic rings. The molecule has 0 rings (SSSR count). The Morgan fingerprint density at radius 1 is 1.18 bits per heavy atom. The molecule has 0 aliphatic rings. The lowest BCUT2D eigenvalue weighted by Gasteiger charge is -2.08. The number of hydrogen-bond donors (Lipinski definition) is 0. The van der Waals surface area contributed by atoms with Gasteiger partial charge < -0.3 is 8.85 Å². The van der Waals surface area contributed by atoms with E-state index < -0.39 is 0 Å². The van der Waals surface area contributed by atoms with Crippen molar-refractivity contribution >= 4 is 19.5 Å². The highest BCUT2D eigenvalue weighted by atomic mass is 28.2. The summed E-state index contributed by atoms with van der Waals surface area (Å²) in [6.45, 7) is 8.22. The van der Waals surface area contributed by atoms with Crippen LogP contribution in [0.1, 0.15) is 20.8 Å². The van der Waals surface area contributed by atoms with Gasteiger partial charge in [-0.2, -0.15) is 0 Å². The second-order valence-electron chi connectivity index (χ2n) is 2.75. The Kier molecular flexibility index (Phi) is 8.72. The van der Waals surface area contributed by atoms with Crippen molar-refractivity contribution in [3.8, 4) is 0 Å². The molecular weight excluding hydrogens is 172 g/mol. The fourth-order valence-corrected chi connectivity index (χ4v) is 3.49. The van der Waals surface area contributed by atoms with E-state index in [4.69, 9.17) is 8.85 Å². The van der Waals surface area contributed by atoms with E-state index in [1.165, 1.54) is 6.04 Å². The van der Waals surface area contributed by atoms with E-state index in [1.54, 1.807) is 0 Å². The molecule has 0 N–H and O–H groups in total. The van der Waals surface area contributed by atoms with Crippen molar-refractivity contribution in [2.24, 2.45) is 0 Å². The molecule has 1 unspecified atom stereocenters. The van der Waals surface area contributed by atoms with Crippen LogP contribution < -0.4 is 0 Å². The predicted octanol–water partition coefficient (Wildman–Crippen LogP) is 0.454. The average Bonchev–Trinajstić information content (AvgIpc) is 2.01. The second-order valence-corrected chi connectivity index (χ2v) is 6.28. The van der Waals surface area contributed by atoms with E-state index in [0.29, 0.717) is 0 Å². The summed E-state index contributed by atoms with van der Waals surface area (Å²) in [7, 11) is -0.447. The molecule has 0 aliphatic heterocycles. The van der Waals surface area contributed by atoms with Crippen LogP contribution in [-0.2, 0) is 8.85 Å². The van der Waals surface area contributed by atoms with Crippen molar-refractivity contribution in [3.63, 3.8) is 0 Å². The smallest absolute Gasteiger partial charge is 0.164 e. The maximum absolute atomic E-state index is 5.43. The van der Waals surface area contributed by atoms with Crippen LogP contribution in [0.25, 0.3) is 0 Å². The van der Waals surface area contributed by atoms with E-state index in [1.807, 2.05) is 0 Å². The lowest BCUT2D eigenvalue weighted by Crippen LogP contribution is -2.09. The zero-order valence-corrected chi connectivity index (χ0v) is 10.8. The highest BCUT2D eigenvalue weighted by Crippen LogP contribution is 2.07. The van der Waals surface area contributed by atoms with Crippen molar-refractivity contribution in [2.75, 3.05) is 13.2 Å². The number of rotatable bonds is 7. The maximum Gasteiger partial charge on any atom is 0.164 e. The van der Waals surface area contributed by atoms with Crippen LogP contribution in [0.3, 0.4) is 0 Å². The molecular formula is C7H20O2Si2. The minimum Gasteiger partial charge on any atom is -0.424 e. The van der Waals surface area contributed by atoms with Crippen molar-refractivity contribution in [1.29, 1.82) is 0 Å². The highest BCUT2D eigenvalue weighted by Gasteiger charge is 2.02. The van der Waals surface area contributed by atoms with Gasteiger partial charge in [0.05, 0.1) is 0 Å². The highest BCUT2D eigenvalue weighted by molar-refractivity contribution is 6.35. The fraction of sp³-hybridized carbons (Fsp3) is 1.00. The molecule has 0 aromatic carbocycles. The van der Waals surface area contributed by atoms with E-state index in [2.05, 4.69) is 20.8 Å². The minimum atomic E-state index is -0.238. The van der Waals surface area contributed by atoms with Crippen LogP contribution in [0.15, 0.2) is 0 Å². The molecule has 0 aromatic heterocycles. The van der Waals surface area contributed by atoms with Gasteiger partial charge in [0.25, 0.3) is 0 Å². The first-order chi connectivity index (χ1) is 5.31. The minimum absolute atomic E-state index is 0.209. The summed E-state index contributed by atoms with van der Waals surface area (Å²) in [6, 6.07) is 1.31. The molecule has 0 radical (unpaired) electrons. The summed E-state index contributed by atoms with van der Waals surface area (Å²) in [5, 5.41) is 0. The van der Waals surface area contributed by atoms with Gasteiger partial charge in [-0.1, -0.05) is 6.92 Å². The molecule has 0 bridgehead atoms. The van der Waals surface area contributed by atoms with Gasteiger partial charge >= 0.3 is 0 Å². The summed E-state index contributed by atoms with van der Waals surface area (Å²) in [5.41, 5.74) is 0.827.